The van der Waals surface area contributed by atoms with Crippen LogP contribution >= 0.6 is 17.3 Å². The molecule has 0 bridgehead atoms. The number of halogens is 1. The van der Waals surface area contributed by atoms with E-state index in [9.17, 15) is 0 Å². The van der Waals surface area contributed by atoms with Crippen LogP contribution in [0.1, 0.15) is 0 Å². The zero-order chi connectivity index (χ0) is 13.7. The van der Waals surface area contributed by atoms with Gasteiger partial charge in [-0.2, -0.15) is 0 Å². The first kappa shape index (κ1) is 20.7. The Morgan fingerprint density at radius 3 is 1.82 bits per heavy atom. The Labute approximate surface area is 136 Å². The molecule has 102 valence electrons. The van der Waals surface area contributed by atoms with Gasteiger partial charge in [-0.25, -0.2) is 0 Å². The first-order chi connectivity index (χ1) is 8.07. The standard InChI is InChI=1S/C8H11P.C4H10NTe.ClH.Pt/c1-9(2)8-6-4-3-5-7-8;1-5(2)3-4-6;;/h3-7H,1-2H3;3-4H2,1-2H3;1H;/q;;;+1/p-1. The molecule has 0 amide bonds. The summed E-state index contributed by atoms with van der Waals surface area (Å²) in [7, 11) is 8.89. The maximum atomic E-state index is 4.61. The second-order valence-electron chi connectivity index (χ2n) is 3.74. The predicted octanol–water partition coefficient (Wildman–Crippen LogP) is 2.88. The zero-order valence-corrected chi connectivity index (χ0v) is 17.1. The van der Waals surface area contributed by atoms with Crippen molar-refractivity contribution >= 4 is 44.9 Å². The monoisotopic (exact) mass is 570 g/mol. The Morgan fingerprint density at radius 1 is 1.18 bits per heavy atom. The molecule has 0 fully saturated rings. The minimum absolute atomic E-state index is 0.104. The van der Waals surface area contributed by atoms with Gasteiger partial charge in [-0.15, -0.1) is 0 Å². The van der Waals surface area contributed by atoms with Gasteiger partial charge in [0.05, 0.1) is 0 Å². The normalized spacial score (nSPS) is 9.29. The summed E-state index contributed by atoms with van der Waals surface area (Å²) in [6.45, 7) is 5.75. The zero-order valence-electron chi connectivity index (χ0n) is 10.8. The summed E-state index contributed by atoms with van der Waals surface area (Å²) in [5.74, 6) is 0. The van der Waals surface area contributed by atoms with Gasteiger partial charge in [-0.3, -0.25) is 0 Å². The van der Waals surface area contributed by atoms with E-state index in [1.165, 1.54) is 16.3 Å². The Balaban J connectivity index is 0. The molecule has 17 heavy (non-hydrogen) atoms. The van der Waals surface area contributed by atoms with Crippen LogP contribution in [0.25, 0.3) is 0 Å². The van der Waals surface area contributed by atoms with Crippen molar-refractivity contribution in [2.24, 2.45) is 0 Å². The van der Waals surface area contributed by atoms with Crippen LogP contribution in [0.15, 0.2) is 30.3 Å². The third-order valence-electron chi connectivity index (χ3n) is 1.81. The first-order valence-electron chi connectivity index (χ1n) is 5.15. The Bertz CT molecular complexity index is 248. The molecular weight excluding hydrogens is 547 g/mol. The molecule has 1 aromatic carbocycles. The molecule has 0 heterocycles. The van der Waals surface area contributed by atoms with E-state index in [0.717, 1.165) is 0 Å². The molecule has 0 saturated heterocycles. The molecule has 0 spiro atoms. The second kappa shape index (κ2) is 15.4. The molecule has 0 N–H and O–H groups in total. The quantitative estimate of drug-likeness (QED) is 0.401. The summed E-state index contributed by atoms with van der Waals surface area (Å²) in [6.07, 6.45) is 0. The van der Waals surface area contributed by atoms with Gasteiger partial charge in [0.25, 0.3) is 0 Å². The molecule has 1 nitrogen and oxygen atoms in total. The minimum atomic E-state index is 0.104. The van der Waals surface area contributed by atoms with Crippen molar-refractivity contribution in [3.05, 3.63) is 30.3 Å². The van der Waals surface area contributed by atoms with E-state index in [-0.39, 0.29) is 7.92 Å². The van der Waals surface area contributed by atoms with Gasteiger partial charge in [0, 0.05) is 0 Å². The van der Waals surface area contributed by atoms with E-state index in [2.05, 4.69) is 94.4 Å². The van der Waals surface area contributed by atoms with Crippen molar-refractivity contribution in [1.29, 1.82) is 0 Å². The fourth-order valence-corrected chi connectivity index (χ4v) is 2.72. The predicted molar refractivity (Wildman–Crippen MR) is 79.8 cm³/mol. The van der Waals surface area contributed by atoms with Crippen molar-refractivity contribution in [3.8, 4) is 0 Å². The fourth-order valence-electron chi connectivity index (χ4n) is 0.909. The summed E-state index contributed by atoms with van der Waals surface area (Å²) >= 11 is 3.73. The topological polar surface area (TPSA) is 3.24 Å². The van der Waals surface area contributed by atoms with Gasteiger partial charge < -0.3 is 0 Å². The number of rotatable bonds is 3. The summed E-state index contributed by atoms with van der Waals surface area (Å²) < 4.78 is 1.27. The van der Waals surface area contributed by atoms with E-state index in [0.29, 0.717) is 0 Å². The Morgan fingerprint density at radius 2 is 1.65 bits per heavy atom. The summed E-state index contributed by atoms with van der Waals surface area (Å²) in [5.41, 5.74) is 0. The van der Waals surface area contributed by atoms with Crippen LogP contribution in [0.4, 0.5) is 0 Å². The molecule has 0 aromatic heterocycles. The molecule has 0 unspecified atom stereocenters. The van der Waals surface area contributed by atoms with Crippen molar-refractivity contribution in [2.75, 3.05) is 34.0 Å². The van der Waals surface area contributed by atoms with Crippen molar-refractivity contribution < 1.29 is 18.8 Å². The van der Waals surface area contributed by atoms with E-state index in [1.54, 1.807) is 18.8 Å². The number of hydrogen-bond acceptors (Lipinski definition) is 1. The third kappa shape index (κ3) is 15.3. The van der Waals surface area contributed by atoms with Crippen LogP contribution in [0.2, 0.25) is 4.47 Å². The fraction of sp³-hybridized carbons (Fsp3) is 0.500. The van der Waals surface area contributed by atoms with Crippen LogP contribution < -0.4 is 5.30 Å². The average molecular weight is 568 g/mol. The van der Waals surface area contributed by atoms with Crippen LogP contribution in [0.5, 0.6) is 0 Å². The molecule has 0 aliphatic heterocycles. The molecule has 1 rings (SSSR count). The summed E-state index contributed by atoms with van der Waals surface area (Å²) in [4.78, 5) is 2.18. The number of benzene rings is 1. The maximum absolute atomic E-state index is 4.61. The molecule has 0 saturated carbocycles. The molecule has 0 atom stereocenters. The number of nitrogens with zero attached hydrogens (tertiary/aromatic N) is 1. The van der Waals surface area contributed by atoms with Gasteiger partial charge in [-0.1, -0.05) is 38.3 Å². The van der Waals surface area contributed by atoms with E-state index in [4.69, 9.17) is 0 Å². The second-order valence-corrected chi connectivity index (χ2v) is 7.21. The molecular formula is C12H21ClNPPtTe. The van der Waals surface area contributed by atoms with Crippen molar-refractivity contribution in [1.82, 2.24) is 4.90 Å². The van der Waals surface area contributed by atoms with Crippen molar-refractivity contribution in [3.63, 3.8) is 0 Å². The first-order valence-corrected chi connectivity index (χ1v) is 11.8. The summed E-state index contributed by atoms with van der Waals surface area (Å²) in [6, 6.07) is 10.6. The van der Waals surface area contributed by atoms with E-state index in [1.807, 2.05) is 0 Å². The van der Waals surface area contributed by atoms with Gasteiger partial charge in [0.1, 0.15) is 0 Å². The van der Waals surface area contributed by atoms with Crippen LogP contribution in [-0.4, -0.2) is 61.2 Å². The molecule has 0 aliphatic carbocycles. The molecule has 5 heteroatoms. The Kier molecular flexibility index (Phi) is 18.8. The summed E-state index contributed by atoms with van der Waals surface area (Å²) in [5, 5.41) is 1.48. The van der Waals surface area contributed by atoms with Crippen LogP contribution in [-0.2, 0) is 18.8 Å². The van der Waals surface area contributed by atoms with Crippen molar-refractivity contribution in [2.45, 2.75) is 4.47 Å². The van der Waals surface area contributed by atoms with Gasteiger partial charge in [-0.05, 0) is 18.6 Å². The van der Waals surface area contributed by atoms with Crippen LogP contribution in [0, 0.1) is 0 Å². The molecule has 0 aliphatic rings. The SMILES string of the molecule is CN(C)CC[Te].CP(C)c1ccccc1.[Cl][Pt]. The van der Waals surface area contributed by atoms with Gasteiger partial charge >= 0.3 is 80.5 Å². The van der Waals surface area contributed by atoms with E-state index < -0.39 is 0 Å². The van der Waals surface area contributed by atoms with Gasteiger partial charge in [0.15, 0.2) is 0 Å². The van der Waals surface area contributed by atoms with Crippen LogP contribution in [0.3, 0.4) is 0 Å². The number of hydrogen-bond donors (Lipinski definition) is 0. The molecule has 1 aromatic rings. The van der Waals surface area contributed by atoms with Gasteiger partial charge in [0.2, 0.25) is 0 Å². The third-order valence-corrected chi connectivity index (χ3v) is 3.66. The average Bonchev–Trinajstić information content (AvgIpc) is 2.33. The van der Waals surface area contributed by atoms with E-state index >= 15 is 0 Å². The molecule has 1 radical (unpaired) electrons. The Hall–Kier alpha value is 1.38.